The number of halogens is 1. The Morgan fingerprint density at radius 2 is 1.64 bits per heavy atom. The van der Waals surface area contributed by atoms with Crippen LogP contribution in [0, 0.1) is 0 Å². The molecule has 1 aliphatic rings. The van der Waals surface area contributed by atoms with Crippen molar-refractivity contribution >= 4 is 12.4 Å². The highest BCUT2D eigenvalue weighted by Gasteiger charge is 2.39. The molecule has 1 aromatic carbocycles. The van der Waals surface area contributed by atoms with E-state index in [1.54, 1.807) is 0 Å². The van der Waals surface area contributed by atoms with E-state index in [0.29, 0.717) is 0 Å². The maximum Gasteiger partial charge on any atom is 0.0411 e. The van der Waals surface area contributed by atoms with Crippen LogP contribution in [0.3, 0.4) is 0 Å². The molecule has 60 valence electrons. The molecule has 2 N–H and O–H groups in total. The van der Waals surface area contributed by atoms with Crippen LogP contribution >= 0.6 is 12.4 Å². The van der Waals surface area contributed by atoms with Crippen molar-refractivity contribution in [3.05, 3.63) is 35.9 Å². The Morgan fingerprint density at radius 3 is 2.09 bits per heavy atom. The molecule has 0 aromatic heterocycles. The first kappa shape index (κ1) is 8.57. The molecule has 1 fully saturated rings. The van der Waals surface area contributed by atoms with Crippen LogP contribution in [0.4, 0.5) is 0 Å². The second-order valence-corrected chi connectivity index (χ2v) is 3.02. The third-order valence-electron chi connectivity index (χ3n) is 2.14. The van der Waals surface area contributed by atoms with Crippen molar-refractivity contribution in [1.29, 1.82) is 0 Å². The van der Waals surface area contributed by atoms with Crippen LogP contribution in [0.1, 0.15) is 18.4 Å². The molecule has 0 heterocycles. The van der Waals surface area contributed by atoms with Gasteiger partial charge in [0.2, 0.25) is 0 Å². The van der Waals surface area contributed by atoms with Crippen LogP contribution in [0.5, 0.6) is 0 Å². The van der Waals surface area contributed by atoms with E-state index in [9.17, 15) is 0 Å². The summed E-state index contributed by atoms with van der Waals surface area (Å²) in [6, 6.07) is 10.3. The van der Waals surface area contributed by atoms with E-state index >= 15 is 0 Å². The van der Waals surface area contributed by atoms with Crippen molar-refractivity contribution in [3.63, 3.8) is 0 Å². The van der Waals surface area contributed by atoms with Gasteiger partial charge in [-0.1, -0.05) is 30.3 Å². The maximum absolute atomic E-state index is 5.97. The molecule has 1 nitrogen and oxygen atoms in total. The zero-order valence-corrected chi connectivity index (χ0v) is 7.10. The second kappa shape index (κ2) is 2.84. The monoisotopic (exact) mass is 187 g/mol. The lowest BCUT2D eigenvalue weighted by Gasteiger charge is -2.06. The quantitative estimate of drug-likeness (QED) is 0.716. The fourth-order valence-corrected chi connectivity index (χ4v) is 1.19. The summed E-state index contributed by atoms with van der Waals surface area (Å²) >= 11 is 0. The van der Waals surface area contributed by atoms with E-state index in [0.717, 1.165) is 12.8 Å². The van der Waals surface area contributed by atoms with E-state index in [2.05, 4.69) is 12.1 Å². The number of rotatable bonds is 1. The fourth-order valence-electron chi connectivity index (χ4n) is 1.19. The van der Waals surface area contributed by atoms with Crippen molar-refractivity contribution in [2.24, 2.45) is 5.73 Å². The van der Waals surface area contributed by atoms with Gasteiger partial charge in [0.05, 0.1) is 0 Å². The van der Waals surface area contributed by atoms with Gasteiger partial charge in [0.25, 0.3) is 0 Å². The minimum atomic E-state index is 0. The Bertz CT molecular complexity index is 229. The van der Waals surface area contributed by atoms with Crippen LogP contribution in [0.25, 0.3) is 0 Å². The second-order valence-electron chi connectivity index (χ2n) is 3.02. The Morgan fingerprint density at radius 1 is 1.09 bits per heavy atom. The lowest BCUT2D eigenvalue weighted by Crippen LogP contribution is -2.18. The van der Waals surface area contributed by atoms with Crippen molar-refractivity contribution < 1.29 is 0 Å². The van der Waals surface area contributed by atoms with Crippen LogP contribution in [0.15, 0.2) is 30.3 Å². The minimum Gasteiger partial charge on any atom is -0.321 e. The van der Waals surface area contributed by atoms with Gasteiger partial charge >= 0.3 is 0 Å². The summed E-state index contributed by atoms with van der Waals surface area (Å²) in [5, 5.41) is 0. The Kier molecular flexibility index (Phi) is 2.21. The third kappa shape index (κ3) is 1.55. The zero-order chi connectivity index (χ0) is 7.03. The Hall–Kier alpha value is -0.530. The normalized spacial score (nSPS) is 18.6. The van der Waals surface area contributed by atoms with Gasteiger partial charge in [-0.15, -0.1) is 12.4 Å². The van der Waals surface area contributed by atoms with Crippen LogP contribution in [-0.4, -0.2) is 0 Å². The van der Waals surface area contributed by atoms with Gasteiger partial charge < -0.3 is 5.73 Å². The Labute approximate surface area is 73.0 Å². The van der Waals surface area contributed by atoms with Gasteiger partial charge in [0, 0.05) is 5.54 Å². The maximum atomic E-state index is 5.97. The molecule has 2 heteroatoms. The lowest BCUT2D eigenvalue weighted by molar-refractivity contribution is 0.740. The van der Waals surface area contributed by atoms with Crippen LogP contribution < -0.4 is 5.73 Å². The smallest absolute Gasteiger partial charge is 0.0411 e. The summed E-state index contributed by atoms with van der Waals surface area (Å²) in [4.78, 5) is 0. The van der Waals surface area contributed by atoms with Gasteiger partial charge in [-0.3, -0.25) is 0 Å². The molecule has 11 heavy (non-hydrogen) atoms. The summed E-state index contributed by atoms with van der Waals surface area (Å²) in [6.07, 6.45) is 2.30. The summed E-state index contributed by atoms with van der Waals surface area (Å²) in [7, 11) is 0. The summed E-state index contributed by atoms with van der Waals surface area (Å²) in [5.41, 5.74) is 7.30. The topological polar surface area (TPSA) is 26.0 Å². The van der Waals surface area contributed by atoms with E-state index in [-0.39, 0.29) is 17.9 Å². The molecular weight excluding hydrogens is 175 g/mol. The van der Waals surface area contributed by atoms with E-state index in [1.807, 2.05) is 18.2 Å². The zero-order valence-electron chi connectivity index (χ0n) is 6.29. The highest BCUT2D eigenvalue weighted by molar-refractivity contribution is 5.85. The summed E-state index contributed by atoms with van der Waals surface area (Å²) < 4.78 is 0. The molecule has 0 aliphatic heterocycles. The number of hydrogen-bond acceptors (Lipinski definition) is 1. The predicted octanol–water partition coefficient (Wildman–Crippen LogP) is 2.06. The van der Waals surface area contributed by atoms with Gasteiger partial charge in [-0.25, -0.2) is 0 Å². The Balaban J connectivity index is 0.000000605. The molecule has 0 amide bonds. The van der Waals surface area contributed by atoms with E-state index < -0.39 is 0 Å². The first-order valence-corrected chi connectivity index (χ1v) is 3.66. The molecule has 0 spiro atoms. The SMILES string of the molecule is Cl.N[14C]1([14c]2[14cH][14cH][14cH][14cH][14cH]2)[14CH2][14CH2]1. The first-order chi connectivity index (χ1) is 4.81. The molecule has 0 saturated heterocycles. The number of benzene rings is 1. The first-order valence-electron chi connectivity index (χ1n) is 3.66. The molecule has 0 unspecified atom stereocenters. The van der Waals surface area contributed by atoms with Gasteiger partial charge in [0.1, 0.15) is 0 Å². The van der Waals surface area contributed by atoms with E-state index in [4.69, 9.17) is 5.73 Å². The molecule has 0 bridgehead atoms. The number of hydrogen-bond donors (Lipinski definition) is 1. The average Bonchev–Trinajstić information content (AvgIpc) is 2.72. The number of nitrogens with two attached hydrogens (primary N) is 1. The largest absolute Gasteiger partial charge is 0.321 e. The van der Waals surface area contributed by atoms with E-state index in [1.165, 1.54) is 5.56 Å². The fraction of sp³-hybridized carbons (Fsp3) is 0.333. The van der Waals surface area contributed by atoms with Gasteiger partial charge in [-0.05, 0) is 18.4 Å². The highest BCUT2D eigenvalue weighted by atomic mass is 35.5. The van der Waals surface area contributed by atoms with Crippen LogP contribution in [0.2, 0.25) is 0 Å². The van der Waals surface area contributed by atoms with Crippen molar-refractivity contribution in [2.75, 3.05) is 0 Å². The molecule has 2 rings (SSSR count). The lowest BCUT2D eigenvalue weighted by atomic mass is 12.0. The van der Waals surface area contributed by atoms with Crippen molar-refractivity contribution in [2.45, 2.75) is 18.4 Å². The molecule has 1 saturated carbocycles. The molecular formula is C9H12ClN. The average molecular weight is 188 g/mol. The third-order valence-corrected chi connectivity index (χ3v) is 2.14. The van der Waals surface area contributed by atoms with Gasteiger partial charge in [-0.2, -0.15) is 0 Å². The van der Waals surface area contributed by atoms with Gasteiger partial charge in [0.15, 0.2) is 0 Å². The minimum absolute atomic E-state index is 0. The molecule has 1 aliphatic carbocycles. The highest BCUT2D eigenvalue weighted by Crippen LogP contribution is 2.42. The standard InChI is InChI=1S/C9H11N.ClH/c10-9(6-7-9)8-4-2-1-3-5-8;/h1-5H,6-7,10H2;1H/i1+2,2+2,3+2,4+2,5+2,6+2,7+2,8+2,9+2;. The van der Waals surface area contributed by atoms with Crippen LogP contribution in [-0.2, 0) is 5.54 Å². The predicted molar refractivity (Wildman–Crippen MR) is 48.8 cm³/mol. The van der Waals surface area contributed by atoms with Crippen molar-refractivity contribution in [3.8, 4) is 0 Å². The molecule has 0 radical (unpaired) electrons. The molecule has 1 aromatic rings. The van der Waals surface area contributed by atoms with Crippen molar-refractivity contribution in [1.82, 2.24) is 0 Å². The summed E-state index contributed by atoms with van der Waals surface area (Å²) in [6.45, 7) is 0. The summed E-state index contributed by atoms with van der Waals surface area (Å²) in [5.74, 6) is 0. The molecule has 0 atom stereocenters.